The first-order valence-electron chi connectivity index (χ1n) is 10.0. The Balaban J connectivity index is 1.55. The van der Waals surface area contributed by atoms with Gasteiger partial charge >= 0.3 is 0 Å². The molecule has 0 saturated heterocycles. The lowest BCUT2D eigenvalue weighted by Gasteiger charge is -2.60. The summed E-state index contributed by atoms with van der Waals surface area (Å²) >= 11 is 0. The zero-order chi connectivity index (χ0) is 22.3. The van der Waals surface area contributed by atoms with E-state index in [2.05, 4.69) is 10.6 Å². The molecule has 0 heterocycles. The Labute approximate surface area is 177 Å². The normalized spacial score (nSPS) is 22.7. The lowest BCUT2D eigenvalue weighted by atomic mass is 9.44. The lowest BCUT2D eigenvalue weighted by molar-refractivity contribution is -0.119. The summed E-state index contributed by atoms with van der Waals surface area (Å²) in [6, 6.07) is 5.73. The molecule has 31 heavy (non-hydrogen) atoms. The Morgan fingerprint density at radius 2 is 1.74 bits per heavy atom. The number of carbonyl (C=O) groups is 2. The van der Waals surface area contributed by atoms with Crippen LogP contribution in [0.3, 0.4) is 0 Å². The first kappa shape index (κ1) is 21.0. The summed E-state index contributed by atoms with van der Waals surface area (Å²) in [4.78, 5) is 25.7. The second-order valence-electron chi connectivity index (χ2n) is 8.45. The van der Waals surface area contributed by atoms with Gasteiger partial charge in [0.25, 0.3) is 11.8 Å². The highest BCUT2D eigenvalue weighted by Gasteiger charge is 2.55. The Kier molecular flexibility index (Phi) is 5.24. The van der Waals surface area contributed by atoms with E-state index in [0.29, 0.717) is 5.92 Å². The predicted molar refractivity (Wildman–Crippen MR) is 109 cm³/mol. The molecule has 3 aliphatic carbocycles. The van der Waals surface area contributed by atoms with Gasteiger partial charge in [0, 0.05) is 17.3 Å². The Hall–Kier alpha value is -3.29. The molecule has 3 aliphatic rings. The average Bonchev–Trinajstić information content (AvgIpc) is 2.64. The molecule has 0 radical (unpaired) electrons. The largest absolute Gasteiger partial charge is 0.398 e. The zero-order valence-corrected chi connectivity index (χ0v) is 16.8. The highest BCUT2D eigenvalue weighted by Crippen LogP contribution is 2.65. The van der Waals surface area contributed by atoms with Crippen LogP contribution in [0, 0.1) is 28.8 Å². The standard InChI is InChI=1S/C23H22F3N3O2/c1-12(16-4-2-15(25)7-18(16)26)28-22(31)20(11-23-8-13(9-23)10-23)29-21(30)17-6-14(24)3-5-19(17)27/h2-7,11-13H,8-10,27H2,1H3,(H,28,31)(H,29,30)/t12-,13?,23?/m1/s1. The van der Waals surface area contributed by atoms with Gasteiger partial charge in [-0.2, -0.15) is 0 Å². The van der Waals surface area contributed by atoms with Crippen LogP contribution in [-0.2, 0) is 4.79 Å². The van der Waals surface area contributed by atoms with E-state index in [1.54, 1.807) is 13.0 Å². The fourth-order valence-electron chi connectivity index (χ4n) is 4.31. The van der Waals surface area contributed by atoms with Crippen LogP contribution in [0.25, 0.3) is 0 Å². The second-order valence-corrected chi connectivity index (χ2v) is 8.45. The van der Waals surface area contributed by atoms with Gasteiger partial charge < -0.3 is 16.4 Å². The van der Waals surface area contributed by atoms with E-state index in [1.807, 2.05) is 0 Å². The van der Waals surface area contributed by atoms with Crippen molar-refractivity contribution in [1.82, 2.24) is 10.6 Å². The van der Waals surface area contributed by atoms with Crippen LogP contribution in [-0.4, -0.2) is 11.8 Å². The Bertz CT molecular complexity index is 1080. The van der Waals surface area contributed by atoms with Crippen LogP contribution < -0.4 is 16.4 Å². The number of amides is 2. The lowest BCUT2D eigenvalue weighted by Crippen LogP contribution is -2.51. The Morgan fingerprint density at radius 3 is 2.35 bits per heavy atom. The smallest absolute Gasteiger partial charge is 0.267 e. The van der Waals surface area contributed by atoms with Gasteiger partial charge in [-0.25, -0.2) is 13.2 Å². The summed E-state index contributed by atoms with van der Waals surface area (Å²) in [6.45, 7) is 1.55. The molecule has 3 saturated carbocycles. The highest BCUT2D eigenvalue weighted by molar-refractivity contribution is 6.05. The van der Waals surface area contributed by atoms with Gasteiger partial charge in [-0.15, -0.1) is 0 Å². The number of nitrogen functional groups attached to an aromatic ring is 1. The van der Waals surface area contributed by atoms with Gasteiger partial charge in [-0.3, -0.25) is 9.59 Å². The van der Waals surface area contributed by atoms with E-state index in [-0.39, 0.29) is 27.9 Å². The van der Waals surface area contributed by atoms with Crippen molar-refractivity contribution < 1.29 is 22.8 Å². The maximum absolute atomic E-state index is 14.1. The van der Waals surface area contributed by atoms with Gasteiger partial charge in [0.1, 0.15) is 23.1 Å². The number of nitrogens with two attached hydrogens (primary N) is 1. The second kappa shape index (κ2) is 7.76. The molecule has 1 atom stereocenters. The number of hydrogen-bond donors (Lipinski definition) is 3. The molecule has 162 valence electrons. The van der Waals surface area contributed by atoms with Crippen LogP contribution in [0.5, 0.6) is 0 Å². The fourth-order valence-corrected chi connectivity index (χ4v) is 4.31. The van der Waals surface area contributed by atoms with Crippen LogP contribution in [0.1, 0.15) is 48.1 Å². The molecule has 2 aromatic rings. The highest BCUT2D eigenvalue weighted by atomic mass is 19.1. The van der Waals surface area contributed by atoms with Crippen LogP contribution >= 0.6 is 0 Å². The Morgan fingerprint density at radius 1 is 1.10 bits per heavy atom. The minimum Gasteiger partial charge on any atom is -0.398 e. The minimum atomic E-state index is -0.783. The van der Waals surface area contributed by atoms with Crippen LogP contribution in [0.4, 0.5) is 18.9 Å². The van der Waals surface area contributed by atoms with E-state index >= 15 is 0 Å². The van der Waals surface area contributed by atoms with Gasteiger partial charge in [0.2, 0.25) is 0 Å². The van der Waals surface area contributed by atoms with Gasteiger partial charge in [0.15, 0.2) is 0 Å². The molecular weight excluding hydrogens is 407 g/mol. The number of rotatable bonds is 6. The van der Waals surface area contributed by atoms with Crippen molar-refractivity contribution in [3.63, 3.8) is 0 Å². The van der Waals surface area contributed by atoms with Crippen molar-refractivity contribution in [3.05, 3.63) is 76.7 Å². The van der Waals surface area contributed by atoms with Gasteiger partial charge in [-0.1, -0.05) is 6.07 Å². The number of carbonyl (C=O) groups excluding carboxylic acids is 2. The molecule has 2 bridgehead atoms. The molecule has 4 N–H and O–H groups in total. The zero-order valence-electron chi connectivity index (χ0n) is 16.8. The molecule has 5 nitrogen and oxygen atoms in total. The van der Waals surface area contributed by atoms with Crippen molar-refractivity contribution in [2.24, 2.45) is 11.3 Å². The maximum Gasteiger partial charge on any atom is 0.267 e. The first-order valence-corrected chi connectivity index (χ1v) is 10.0. The SMILES string of the molecule is C[C@@H](NC(=O)C(=CC12CC(C1)C2)NC(=O)c1cc(F)ccc1N)c1ccc(F)cc1F. The van der Waals surface area contributed by atoms with Crippen molar-refractivity contribution in [3.8, 4) is 0 Å². The topological polar surface area (TPSA) is 84.2 Å². The van der Waals surface area contributed by atoms with Gasteiger partial charge in [0.05, 0.1) is 11.6 Å². The molecule has 2 aromatic carbocycles. The van der Waals surface area contributed by atoms with Crippen molar-refractivity contribution in [2.45, 2.75) is 32.2 Å². The van der Waals surface area contributed by atoms with E-state index in [4.69, 9.17) is 5.73 Å². The third-order valence-electron chi connectivity index (χ3n) is 6.07. The quantitative estimate of drug-likeness (QED) is 0.480. The summed E-state index contributed by atoms with van der Waals surface area (Å²) in [5, 5.41) is 5.18. The minimum absolute atomic E-state index is 0.00109. The molecule has 0 aliphatic heterocycles. The number of benzene rings is 2. The summed E-state index contributed by atoms with van der Waals surface area (Å²) in [6.07, 6.45) is 4.53. The predicted octanol–water partition coefficient (Wildman–Crippen LogP) is 3.98. The van der Waals surface area contributed by atoms with Crippen molar-refractivity contribution >= 4 is 17.5 Å². The average molecular weight is 429 g/mol. The molecule has 2 amide bonds. The van der Waals surface area contributed by atoms with E-state index in [9.17, 15) is 22.8 Å². The van der Waals surface area contributed by atoms with Gasteiger partial charge in [-0.05, 0) is 67.9 Å². The molecular formula is C23H22F3N3O2. The summed E-state index contributed by atoms with van der Waals surface area (Å²) in [5.41, 5.74) is 5.74. The molecule has 0 aromatic heterocycles. The van der Waals surface area contributed by atoms with E-state index in [1.165, 1.54) is 12.1 Å². The fraction of sp³-hybridized carbons (Fsp3) is 0.304. The molecule has 8 heteroatoms. The number of halogens is 3. The molecule has 5 rings (SSSR count). The first-order chi connectivity index (χ1) is 14.7. The number of anilines is 1. The number of nitrogens with one attached hydrogen (secondary N) is 2. The monoisotopic (exact) mass is 429 g/mol. The van der Waals surface area contributed by atoms with Crippen LogP contribution in [0.15, 0.2) is 48.2 Å². The molecule has 0 spiro atoms. The third kappa shape index (κ3) is 4.15. The summed E-state index contributed by atoms with van der Waals surface area (Å²) < 4.78 is 40.8. The van der Waals surface area contributed by atoms with Crippen LogP contribution in [0.2, 0.25) is 0 Å². The van der Waals surface area contributed by atoms with E-state index in [0.717, 1.165) is 43.5 Å². The van der Waals surface area contributed by atoms with Crippen molar-refractivity contribution in [2.75, 3.05) is 5.73 Å². The summed E-state index contributed by atoms with van der Waals surface area (Å²) in [5.74, 6) is -2.83. The number of allylic oxidation sites excluding steroid dienone is 1. The van der Waals surface area contributed by atoms with Crippen molar-refractivity contribution in [1.29, 1.82) is 0 Å². The molecule has 0 unspecified atom stereocenters. The van der Waals surface area contributed by atoms with E-state index < -0.39 is 35.3 Å². The number of hydrogen-bond acceptors (Lipinski definition) is 3. The third-order valence-corrected chi connectivity index (χ3v) is 6.07. The maximum atomic E-state index is 14.1. The molecule has 3 fully saturated rings. The summed E-state index contributed by atoms with van der Waals surface area (Å²) in [7, 11) is 0.